The highest BCUT2D eigenvalue weighted by molar-refractivity contribution is 9.10. The number of thiophene rings is 2. The Bertz CT molecular complexity index is 2620. The number of aliphatic carboxylic acids is 2. The number of carbonyl (C=O) groups excluding carboxylic acids is 2. The number of carboxylic acids is 2. The van der Waals surface area contributed by atoms with Crippen molar-refractivity contribution >= 4 is 78.6 Å². The smallest absolute Gasteiger partial charge is 0.244 e. The van der Waals surface area contributed by atoms with Crippen LogP contribution in [-0.2, 0) is 58.1 Å². The molecule has 360 valence electrons. The highest BCUT2D eigenvalue weighted by atomic mass is 79.9. The van der Waals surface area contributed by atoms with Crippen LogP contribution in [0, 0.1) is 0 Å². The van der Waals surface area contributed by atoms with Gasteiger partial charge >= 0.3 is 0 Å². The zero-order valence-electron chi connectivity index (χ0n) is 38.4. The van der Waals surface area contributed by atoms with Crippen molar-refractivity contribution in [3.63, 3.8) is 0 Å². The molecule has 0 amide bonds. The van der Waals surface area contributed by atoms with E-state index in [9.17, 15) is 19.8 Å². The van der Waals surface area contributed by atoms with Gasteiger partial charge in [-0.05, 0) is 107 Å². The van der Waals surface area contributed by atoms with Crippen LogP contribution in [0.25, 0.3) is 12.2 Å². The number of halogens is 2. The molecular formula is C56H54Br2N4O6S2. The molecule has 0 saturated carbocycles. The molecule has 0 bridgehead atoms. The summed E-state index contributed by atoms with van der Waals surface area (Å²) in [6, 6.07) is 46.2. The molecule has 10 nitrogen and oxygen atoms in total. The maximum absolute atomic E-state index is 9.41. The number of aromatic nitrogens is 4. The molecular weight excluding hydrogens is 1050 g/mol. The van der Waals surface area contributed by atoms with Gasteiger partial charge in [0, 0.05) is 18.7 Å². The quantitative estimate of drug-likeness (QED) is 0.0493. The largest absolute Gasteiger partial charge is 0.545 e. The van der Waals surface area contributed by atoms with Gasteiger partial charge in [0.05, 0.1) is 25.2 Å². The summed E-state index contributed by atoms with van der Waals surface area (Å²) in [7, 11) is 0. The summed E-state index contributed by atoms with van der Waals surface area (Å²) in [5.74, 6) is -3.09. The van der Waals surface area contributed by atoms with Gasteiger partial charge in [0.2, 0.25) is 12.7 Å². The molecule has 8 aromatic rings. The zero-order valence-corrected chi connectivity index (χ0v) is 43.2. The molecule has 4 heterocycles. The van der Waals surface area contributed by atoms with E-state index in [4.69, 9.17) is 9.47 Å². The number of ether oxygens (including phenoxy) is 2. The summed E-state index contributed by atoms with van der Waals surface area (Å²) >= 11 is 10.5. The first-order valence-electron chi connectivity index (χ1n) is 22.6. The Morgan fingerprint density at radius 1 is 0.557 bits per heavy atom. The third-order valence-electron chi connectivity index (χ3n) is 10.4. The van der Waals surface area contributed by atoms with Crippen molar-refractivity contribution in [3.05, 3.63) is 247 Å². The van der Waals surface area contributed by atoms with Crippen molar-refractivity contribution in [3.8, 4) is 0 Å². The Hall–Kier alpha value is -6.26. The molecule has 0 aliphatic heterocycles. The van der Waals surface area contributed by atoms with Gasteiger partial charge in [0.15, 0.2) is 0 Å². The van der Waals surface area contributed by atoms with E-state index in [0.29, 0.717) is 25.4 Å². The Morgan fingerprint density at radius 2 is 0.957 bits per heavy atom. The predicted molar refractivity (Wildman–Crippen MR) is 281 cm³/mol. The highest BCUT2D eigenvalue weighted by Crippen LogP contribution is 2.26. The minimum absolute atomic E-state index is 0.0582. The topological polar surface area (TPSA) is 116 Å². The first kappa shape index (κ1) is 53.1. The van der Waals surface area contributed by atoms with Gasteiger partial charge in [-0.1, -0.05) is 141 Å². The second-order valence-corrected chi connectivity index (χ2v) is 19.5. The van der Waals surface area contributed by atoms with E-state index in [1.54, 1.807) is 22.7 Å². The van der Waals surface area contributed by atoms with Gasteiger partial charge in [0.25, 0.3) is 0 Å². The molecule has 70 heavy (non-hydrogen) atoms. The van der Waals surface area contributed by atoms with Gasteiger partial charge < -0.3 is 29.3 Å². The second kappa shape index (κ2) is 29.7. The molecule has 8 rings (SSSR count). The molecule has 14 heteroatoms. The van der Waals surface area contributed by atoms with Crippen LogP contribution >= 0.6 is 54.5 Å². The number of allylic oxidation sites excluding steroid dienone is 2. The Labute approximate surface area is 434 Å². The fourth-order valence-electron chi connectivity index (χ4n) is 6.92. The van der Waals surface area contributed by atoms with Crippen molar-refractivity contribution in [2.24, 2.45) is 0 Å². The number of imidazole rings is 2. The minimum Gasteiger partial charge on any atom is -0.545 e. The van der Waals surface area contributed by atoms with E-state index >= 15 is 0 Å². The van der Waals surface area contributed by atoms with E-state index in [0.717, 1.165) is 48.0 Å². The lowest BCUT2D eigenvalue weighted by molar-refractivity contribution is -0.686. The fraction of sp³-hybridized carbons (Fsp3) is 0.179. The van der Waals surface area contributed by atoms with Crippen molar-refractivity contribution in [1.82, 2.24) is 9.13 Å². The van der Waals surface area contributed by atoms with Gasteiger partial charge in [-0.2, -0.15) is 0 Å². The molecule has 0 N–H and O–H groups in total. The average molecular weight is 1100 g/mol. The molecule has 0 spiro atoms. The highest BCUT2D eigenvalue weighted by Gasteiger charge is 2.19. The van der Waals surface area contributed by atoms with Crippen LogP contribution in [0.3, 0.4) is 0 Å². The van der Waals surface area contributed by atoms with Crippen molar-refractivity contribution in [1.29, 1.82) is 0 Å². The fourth-order valence-corrected chi connectivity index (χ4v) is 8.98. The van der Waals surface area contributed by atoms with Crippen LogP contribution in [0.1, 0.15) is 44.2 Å². The van der Waals surface area contributed by atoms with Crippen LogP contribution in [0.5, 0.6) is 0 Å². The zero-order chi connectivity index (χ0) is 49.2. The third-order valence-corrected chi connectivity index (χ3v) is 13.4. The molecule has 0 saturated heterocycles. The van der Waals surface area contributed by atoms with Crippen molar-refractivity contribution in [2.75, 3.05) is 13.2 Å². The molecule has 2 atom stereocenters. The summed E-state index contributed by atoms with van der Waals surface area (Å²) < 4.78 is 23.6. The molecule has 0 aliphatic rings. The Morgan fingerprint density at radius 3 is 1.31 bits per heavy atom. The van der Waals surface area contributed by atoms with Crippen LogP contribution in [-0.4, -0.2) is 34.3 Å². The Balaban J connectivity index is 0.000000199. The number of carbonyl (C=O) groups is 2. The second-order valence-electron chi connectivity index (χ2n) is 15.7. The lowest BCUT2D eigenvalue weighted by Gasteiger charge is -2.15. The normalized spacial score (nSPS) is 12.1. The lowest BCUT2D eigenvalue weighted by atomic mass is 10.2. The number of benzene rings is 4. The lowest BCUT2D eigenvalue weighted by Crippen LogP contribution is -2.30. The van der Waals surface area contributed by atoms with Crippen molar-refractivity contribution < 1.29 is 38.4 Å². The number of nitrogens with zero attached hydrogens (tertiary/aromatic N) is 4. The summed E-state index contributed by atoms with van der Waals surface area (Å²) in [6.07, 6.45) is 24.2. The number of rotatable bonds is 22. The van der Waals surface area contributed by atoms with E-state index in [2.05, 4.69) is 244 Å². The standard InChI is InChI=1S/2C26H26BrN2OS.C4H4O4/c2*27-24-12-10-23(11-13-24)8-4-15-28-16-17-29(21-28)20-25(26-9-5-19-31-26)30-18-14-22-6-2-1-3-7-22;5-3(6)1-2-4(7)8/h2*1-13,16-17,19,21,25H,14-15,18,20H2;1-2H,(H,5,6)(H,7,8)/q2*+1;/p-2/b2*8-4+;2-1+. The summed E-state index contributed by atoms with van der Waals surface area (Å²) in [5, 5.41) is 23.1. The monoisotopic (exact) mass is 1100 g/mol. The third kappa shape index (κ3) is 20.0. The van der Waals surface area contributed by atoms with Gasteiger partial charge in [-0.25, -0.2) is 18.3 Å². The first-order valence-corrected chi connectivity index (χ1v) is 25.9. The van der Waals surface area contributed by atoms with E-state index in [1.807, 2.05) is 12.1 Å². The SMILES string of the molecule is Brc1ccc(/C=C/C[n+]2ccn(CC(OCCc3ccccc3)c3cccs3)c2)cc1.Brc1ccc(/C=C/C[n+]2ccn(CC(OCCc3ccccc3)c3cccs3)c2)cc1.O=C([O-])/C=C/C(=O)[O-]. The van der Waals surface area contributed by atoms with Crippen LogP contribution < -0.4 is 19.3 Å². The maximum Gasteiger partial charge on any atom is 0.244 e. The minimum atomic E-state index is -1.55. The maximum atomic E-state index is 9.41. The predicted octanol–water partition coefficient (Wildman–Crippen LogP) is 9.67. The van der Waals surface area contributed by atoms with Gasteiger partial charge in [-0.3, -0.25) is 0 Å². The molecule has 4 aromatic carbocycles. The number of carboxylic acid groups (broad SMARTS) is 2. The van der Waals surface area contributed by atoms with Crippen molar-refractivity contribution in [2.45, 2.75) is 51.2 Å². The van der Waals surface area contributed by atoms with Crippen LogP contribution in [0.2, 0.25) is 0 Å². The molecule has 4 aromatic heterocycles. The Kier molecular flexibility index (Phi) is 22.5. The molecule has 0 radical (unpaired) electrons. The van der Waals surface area contributed by atoms with E-state index in [-0.39, 0.29) is 12.2 Å². The van der Waals surface area contributed by atoms with Crippen LogP contribution in [0.15, 0.2) is 215 Å². The van der Waals surface area contributed by atoms with E-state index < -0.39 is 11.9 Å². The molecule has 2 unspecified atom stereocenters. The average Bonchev–Trinajstić information content (AvgIpc) is 4.23. The van der Waals surface area contributed by atoms with E-state index in [1.165, 1.54) is 32.0 Å². The van der Waals surface area contributed by atoms with Gasteiger partial charge in [0.1, 0.15) is 63.2 Å². The number of hydrogen-bond acceptors (Lipinski definition) is 8. The summed E-state index contributed by atoms with van der Waals surface area (Å²) in [4.78, 5) is 21.4. The molecule has 0 aliphatic carbocycles. The first-order chi connectivity index (χ1) is 34.1. The number of hydrogen-bond donors (Lipinski definition) is 0. The molecule has 0 fully saturated rings. The van der Waals surface area contributed by atoms with Crippen LogP contribution in [0.4, 0.5) is 0 Å². The summed E-state index contributed by atoms with van der Waals surface area (Å²) in [5.41, 5.74) is 5.02. The summed E-state index contributed by atoms with van der Waals surface area (Å²) in [6.45, 7) is 4.70. The van der Waals surface area contributed by atoms with Gasteiger partial charge in [-0.15, -0.1) is 22.7 Å².